The third kappa shape index (κ3) is 3.37. The molecule has 19 heavy (non-hydrogen) atoms. The van der Waals surface area contributed by atoms with Gasteiger partial charge in [0.05, 0.1) is 5.56 Å². The van der Waals surface area contributed by atoms with Gasteiger partial charge in [0, 0.05) is 18.8 Å². The monoisotopic (exact) mass is 259 g/mol. The summed E-state index contributed by atoms with van der Waals surface area (Å²) in [5.41, 5.74) is 2.78. The van der Waals surface area contributed by atoms with Crippen molar-refractivity contribution in [3.8, 4) is 0 Å². The van der Waals surface area contributed by atoms with Crippen molar-refractivity contribution < 1.29 is 9.90 Å². The summed E-state index contributed by atoms with van der Waals surface area (Å²) in [4.78, 5) is 13.3. The SMILES string of the molecule is C=CCCCCCN1CCc2ccc(C(=O)O)cc21. The third-order valence-electron chi connectivity index (χ3n) is 3.66. The molecule has 1 aliphatic rings. The molecule has 3 heteroatoms. The number of carbonyl (C=O) groups is 1. The van der Waals surface area contributed by atoms with Crippen LogP contribution in [-0.2, 0) is 6.42 Å². The average Bonchev–Trinajstić information content (AvgIpc) is 2.81. The smallest absolute Gasteiger partial charge is 0.335 e. The summed E-state index contributed by atoms with van der Waals surface area (Å²) >= 11 is 0. The zero-order valence-electron chi connectivity index (χ0n) is 11.3. The lowest BCUT2D eigenvalue weighted by atomic mass is 10.1. The topological polar surface area (TPSA) is 40.5 Å². The molecule has 2 rings (SSSR count). The number of nitrogens with zero attached hydrogens (tertiary/aromatic N) is 1. The zero-order valence-corrected chi connectivity index (χ0v) is 11.3. The number of fused-ring (bicyclic) bond motifs is 1. The summed E-state index contributed by atoms with van der Waals surface area (Å²) in [5.74, 6) is -0.847. The van der Waals surface area contributed by atoms with Gasteiger partial charge in [0.15, 0.2) is 0 Å². The molecular weight excluding hydrogens is 238 g/mol. The van der Waals surface area contributed by atoms with E-state index in [9.17, 15) is 4.79 Å². The first-order valence-corrected chi connectivity index (χ1v) is 6.94. The van der Waals surface area contributed by atoms with Gasteiger partial charge in [-0.25, -0.2) is 4.79 Å². The quantitative estimate of drug-likeness (QED) is 0.602. The molecule has 0 radical (unpaired) electrons. The molecule has 0 atom stereocenters. The molecule has 0 saturated heterocycles. The predicted octanol–water partition coefficient (Wildman–Crippen LogP) is 3.49. The van der Waals surface area contributed by atoms with Crippen molar-refractivity contribution in [3.63, 3.8) is 0 Å². The minimum Gasteiger partial charge on any atom is -0.478 e. The number of hydrogen-bond acceptors (Lipinski definition) is 2. The van der Waals surface area contributed by atoms with Crippen LogP contribution in [-0.4, -0.2) is 24.2 Å². The number of anilines is 1. The van der Waals surface area contributed by atoms with Gasteiger partial charge in [0.1, 0.15) is 0 Å². The lowest BCUT2D eigenvalue weighted by Gasteiger charge is -2.19. The van der Waals surface area contributed by atoms with Crippen LogP contribution >= 0.6 is 0 Å². The minimum absolute atomic E-state index is 0.386. The molecular formula is C16H21NO2. The highest BCUT2D eigenvalue weighted by Gasteiger charge is 2.19. The van der Waals surface area contributed by atoms with Gasteiger partial charge in [-0.2, -0.15) is 0 Å². The molecule has 0 spiro atoms. The Hall–Kier alpha value is -1.77. The molecule has 1 heterocycles. The maximum Gasteiger partial charge on any atom is 0.335 e. The summed E-state index contributed by atoms with van der Waals surface area (Å²) in [7, 11) is 0. The van der Waals surface area contributed by atoms with E-state index in [1.165, 1.54) is 18.4 Å². The standard InChI is InChI=1S/C16H21NO2/c1-2-3-4-5-6-10-17-11-9-13-7-8-14(16(18)19)12-15(13)17/h2,7-8,12H,1,3-6,9-11H2,(H,18,19). The van der Waals surface area contributed by atoms with Crippen LogP contribution in [0.2, 0.25) is 0 Å². The van der Waals surface area contributed by atoms with Crippen LogP contribution in [0.3, 0.4) is 0 Å². The van der Waals surface area contributed by atoms with E-state index in [-0.39, 0.29) is 0 Å². The second-order valence-corrected chi connectivity index (χ2v) is 5.02. The van der Waals surface area contributed by atoms with E-state index in [1.807, 2.05) is 18.2 Å². The Morgan fingerprint density at radius 1 is 1.37 bits per heavy atom. The highest BCUT2D eigenvalue weighted by Crippen LogP contribution is 2.29. The molecule has 0 fully saturated rings. The molecule has 0 aliphatic carbocycles. The minimum atomic E-state index is -0.847. The third-order valence-corrected chi connectivity index (χ3v) is 3.66. The van der Waals surface area contributed by atoms with Crippen LogP contribution in [0.4, 0.5) is 5.69 Å². The van der Waals surface area contributed by atoms with Crippen molar-refractivity contribution >= 4 is 11.7 Å². The number of carboxylic acid groups (broad SMARTS) is 1. The van der Waals surface area contributed by atoms with Crippen molar-refractivity contribution in [2.24, 2.45) is 0 Å². The fourth-order valence-electron chi connectivity index (χ4n) is 2.58. The number of aromatic carboxylic acids is 1. The van der Waals surface area contributed by atoms with Gasteiger partial charge in [-0.15, -0.1) is 6.58 Å². The van der Waals surface area contributed by atoms with Gasteiger partial charge >= 0.3 is 5.97 Å². The summed E-state index contributed by atoms with van der Waals surface area (Å²) in [6.07, 6.45) is 7.63. The molecule has 0 aromatic heterocycles. The van der Waals surface area contributed by atoms with Crippen LogP contribution in [0.5, 0.6) is 0 Å². The van der Waals surface area contributed by atoms with Crippen LogP contribution in [0, 0.1) is 0 Å². The van der Waals surface area contributed by atoms with E-state index in [0.29, 0.717) is 5.56 Å². The lowest BCUT2D eigenvalue weighted by molar-refractivity contribution is 0.0697. The van der Waals surface area contributed by atoms with Gasteiger partial charge < -0.3 is 10.0 Å². The summed E-state index contributed by atoms with van der Waals surface area (Å²) in [5, 5.41) is 9.05. The van der Waals surface area contributed by atoms with E-state index in [2.05, 4.69) is 11.5 Å². The number of rotatable bonds is 7. The van der Waals surface area contributed by atoms with Gasteiger partial charge in [-0.1, -0.05) is 18.6 Å². The maximum atomic E-state index is 11.0. The fraction of sp³-hybridized carbons (Fsp3) is 0.438. The number of benzene rings is 1. The average molecular weight is 259 g/mol. The molecule has 0 unspecified atom stereocenters. The number of hydrogen-bond donors (Lipinski definition) is 1. The fourth-order valence-corrected chi connectivity index (χ4v) is 2.58. The molecule has 3 nitrogen and oxygen atoms in total. The number of carboxylic acids is 1. The van der Waals surface area contributed by atoms with Crippen LogP contribution in [0.15, 0.2) is 30.9 Å². The van der Waals surface area contributed by atoms with E-state index in [0.717, 1.165) is 38.0 Å². The lowest BCUT2D eigenvalue weighted by Crippen LogP contribution is -2.21. The molecule has 0 saturated carbocycles. The highest BCUT2D eigenvalue weighted by molar-refractivity contribution is 5.89. The summed E-state index contributed by atoms with van der Waals surface area (Å²) in [6, 6.07) is 5.47. The van der Waals surface area contributed by atoms with Crippen molar-refractivity contribution in [1.82, 2.24) is 0 Å². The molecule has 1 N–H and O–H groups in total. The number of allylic oxidation sites excluding steroid dienone is 1. The van der Waals surface area contributed by atoms with E-state index in [1.54, 1.807) is 6.07 Å². The number of unbranched alkanes of at least 4 members (excludes halogenated alkanes) is 3. The molecule has 102 valence electrons. The molecule has 1 aromatic rings. The van der Waals surface area contributed by atoms with Crippen LogP contribution in [0.1, 0.15) is 41.6 Å². The first-order chi connectivity index (χ1) is 9.22. The molecule has 1 aliphatic heterocycles. The Labute approximate surface area is 114 Å². The van der Waals surface area contributed by atoms with Crippen molar-refractivity contribution in [3.05, 3.63) is 42.0 Å². The predicted molar refractivity (Wildman–Crippen MR) is 78.0 cm³/mol. The zero-order chi connectivity index (χ0) is 13.7. The Kier molecular flexibility index (Phi) is 4.61. The Morgan fingerprint density at radius 3 is 2.95 bits per heavy atom. The van der Waals surface area contributed by atoms with E-state index < -0.39 is 5.97 Å². The van der Waals surface area contributed by atoms with Gasteiger partial charge in [-0.05, 0) is 43.4 Å². The molecule has 0 amide bonds. The summed E-state index contributed by atoms with van der Waals surface area (Å²) in [6.45, 7) is 5.76. The Morgan fingerprint density at radius 2 is 2.21 bits per heavy atom. The van der Waals surface area contributed by atoms with Crippen molar-refractivity contribution in [2.75, 3.05) is 18.0 Å². The largest absolute Gasteiger partial charge is 0.478 e. The van der Waals surface area contributed by atoms with E-state index >= 15 is 0 Å². The van der Waals surface area contributed by atoms with Crippen LogP contribution < -0.4 is 4.90 Å². The summed E-state index contributed by atoms with van der Waals surface area (Å²) < 4.78 is 0. The first-order valence-electron chi connectivity index (χ1n) is 6.94. The second-order valence-electron chi connectivity index (χ2n) is 5.02. The second kappa shape index (κ2) is 6.41. The van der Waals surface area contributed by atoms with Gasteiger partial charge in [0.2, 0.25) is 0 Å². The highest BCUT2D eigenvalue weighted by atomic mass is 16.4. The first kappa shape index (κ1) is 13.7. The molecule has 0 bridgehead atoms. The molecule has 1 aromatic carbocycles. The maximum absolute atomic E-state index is 11.0. The van der Waals surface area contributed by atoms with Gasteiger partial charge in [-0.3, -0.25) is 0 Å². The Bertz CT molecular complexity index is 468. The Balaban J connectivity index is 1.94. The van der Waals surface area contributed by atoms with Crippen molar-refractivity contribution in [2.45, 2.75) is 32.1 Å². The van der Waals surface area contributed by atoms with Crippen molar-refractivity contribution in [1.29, 1.82) is 0 Å². The van der Waals surface area contributed by atoms with E-state index in [4.69, 9.17) is 5.11 Å². The van der Waals surface area contributed by atoms with Crippen LogP contribution in [0.25, 0.3) is 0 Å². The van der Waals surface area contributed by atoms with Gasteiger partial charge in [0.25, 0.3) is 0 Å². The normalized spacial score (nSPS) is 13.4.